The number of rotatable bonds is 4. The Kier molecular flexibility index (Phi) is 4.67. The third kappa shape index (κ3) is 3.65. The molecule has 2 rings (SSSR count). The Morgan fingerprint density at radius 2 is 1.96 bits per heavy atom. The smallest absolute Gasteiger partial charge is 0.262 e. The van der Waals surface area contributed by atoms with Gasteiger partial charge in [-0.25, -0.2) is 8.42 Å². The molecular weight excluding hydrogens is 340 g/mol. The lowest BCUT2D eigenvalue weighted by Gasteiger charge is -2.11. The molecular formula is C14H17ClN4O3S. The summed E-state index contributed by atoms with van der Waals surface area (Å²) in [7, 11) is -2.08. The summed E-state index contributed by atoms with van der Waals surface area (Å²) in [5.74, 6) is -0.290. The number of aryl methyl sites for hydroxylation is 2. The van der Waals surface area contributed by atoms with E-state index in [2.05, 4.69) is 15.1 Å². The van der Waals surface area contributed by atoms with E-state index >= 15 is 0 Å². The summed E-state index contributed by atoms with van der Waals surface area (Å²) in [5.41, 5.74) is 2.07. The predicted molar refractivity (Wildman–Crippen MR) is 89.2 cm³/mol. The molecule has 1 amide bonds. The van der Waals surface area contributed by atoms with Crippen molar-refractivity contribution in [3.05, 3.63) is 34.6 Å². The number of hydrogen-bond acceptors (Lipinski definition) is 4. The first-order valence-electron chi connectivity index (χ1n) is 6.72. The molecule has 0 aliphatic carbocycles. The average Bonchev–Trinajstić information content (AvgIpc) is 2.67. The SMILES string of the molecule is CC(=O)Nc1ccc(S(=O)(=O)Nc2c(C)nn(C)c2C)cc1Cl. The predicted octanol–water partition coefficient (Wildman–Crippen LogP) is 2.45. The molecule has 2 aromatic rings. The number of sulfonamides is 1. The zero-order valence-corrected chi connectivity index (χ0v) is 14.7. The molecule has 0 fully saturated rings. The first-order valence-corrected chi connectivity index (χ1v) is 8.58. The molecule has 1 heterocycles. The van der Waals surface area contributed by atoms with E-state index in [1.54, 1.807) is 25.6 Å². The Bertz CT molecular complexity index is 874. The summed E-state index contributed by atoms with van der Waals surface area (Å²) in [6.45, 7) is 4.83. The van der Waals surface area contributed by atoms with Gasteiger partial charge in [-0.05, 0) is 32.0 Å². The van der Waals surface area contributed by atoms with E-state index in [9.17, 15) is 13.2 Å². The Morgan fingerprint density at radius 1 is 1.30 bits per heavy atom. The van der Waals surface area contributed by atoms with Crippen LogP contribution in [0.2, 0.25) is 5.02 Å². The van der Waals surface area contributed by atoms with Crippen LogP contribution < -0.4 is 10.0 Å². The van der Waals surface area contributed by atoms with E-state index in [0.29, 0.717) is 22.8 Å². The number of aromatic nitrogens is 2. The zero-order chi connectivity index (χ0) is 17.4. The second kappa shape index (κ2) is 6.21. The lowest BCUT2D eigenvalue weighted by Crippen LogP contribution is -2.14. The standard InChI is InChI=1S/C14H17ClN4O3S/c1-8-14(9(2)19(4)17-8)18-23(21,22)11-5-6-13(12(15)7-11)16-10(3)20/h5-7,18H,1-4H3,(H,16,20). The van der Waals surface area contributed by atoms with Crippen LogP contribution in [0.4, 0.5) is 11.4 Å². The summed E-state index contributed by atoms with van der Waals surface area (Å²) < 4.78 is 29.1. The molecule has 0 saturated heterocycles. The summed E-state index contributed by atoms with van der Waals surface area (Å²) in [6.07, 6.45) is 0. The lowest BCUT2D eigenvalue weighted by molar-refractivity contribution is -0.114. The maximum Gasteiger partial charge on any atom is 0.262 e. The van der Waals surface area contributed by atoms with Gasteiger partial charge in [0.2, 0.25) is 5.91 Å². The van der Waals surface area contributed by atoms with Crippen molar-refractivity contribution in [3.8, 4) is 0 Å². The van der Waals surface area contributed by atoms with Gasteiger partial charge in [-0.2, -0.15) is 5.10 Å². The Hall–Kier alpha value is -2.06. The Labute approximate surface area is 139 Å². The van der Waals surface area contributed by atoms with Crippen LogP contribution in [0.25, 0.3) is 0 Å². The van der Waals surface area contributed by atoms with Crippen molar-refractivity contribution >= 4 is 38.9 Å². The molecule has 9 heteroatoms. The van der Waals surface area contributed by atoms with Crippen LogP contribution in [0, 0.1) is 13.8 Å². The number of anilines is 2. The van der Waals surface area contributed by atoms with Gasteiger partial charge >= 0.3 is 0 Å². The van der Waals surface area contributed by atoms with Crippen LogP contribution in [-0.2, 0) is 21.9 Å². The number of carbonyl (C=O) groups is 1. The number of amides is 1. The fourth-order valence-corrected chi connectivity index (χ4v) is 3.56. The Balaban J connectivity index is 2.36. The van der Waals surface area contributed by atoms with Crippen molar-refractivity contribution in [1.29, 1.82) is 0 Å². The first kappa shape index (κ1) is 17.3. The molecule has 0 unspecified atom stereocenters. The molecule has 0 aliphatic heterocycles. The third-order valence-corrected chi connectivity index (χ3v) is 4.97. The molecule has 0 spiro atoms. The average molecular weight is 357 g/mol. The highest BCUT2D eigenvalue weighted by molar-refractivity contribution is 7.92. The normalized spacial score (nSPS) is 11.3. The molecule has 1 aromatic heterocycles. The quantitative estimate of drug-likeness (QED) is 0.879. The minimum Gasteiger partial charge on any atom is -0.325 e. The molecule has 0 atom stereocenters. The van der Waals surface area contributed by atoms with Crippen molar-refractivity contribution in [2.75, 3.05) is 10.0 Å². The number of nitrogens with zero attached hydrogens (tertiary/aromatic N) is 2. The molecule has 0 aliphatic rings. The van der Waals surface area contributed by atoms with E-state index in [-0.39, 0.29) is 15.8 Å². The molecule has 124 valence electrons. The van der Waals surface area contributed by atoms with Crippen LogP contribution in [0.1, 0.15) is 18.3 Å². The van der Waals surface area contributed by atoms with E-state index in [1.165, 1.54) is 25.1 Å². The maximum atomic E-state index is 12.5. The second-order valence-electron chi connectivity index (χ2n) is 5.10. The maximum absolute atomic E-state index is 12.5. The molecule has 0 saturated carbocycles. The second-order valence-corrected chi connectivity index (χ2v) is 7.19. The fourth-order valence-electron chi connectivity index (χ4n) is 2.07. The molecule has 1 aromatic carbocycles. The van der Waals surface area contributed by atoms with Crippen molar-refractivity contribution in [3.63, 3.8) is 0 Å². The van der Waals surface area contributed by atoms with Gasteiger partial charge < -0.3 is 5.32 Å². The van der Waals surface area contributed by atoms with Crippen LogP contribution in [0.3, 0.4) is 0 Å². The number of nitrogens with one attached hydrogen (secondary N) is 2. The molecule has 0 bridgehead atoms. The van der Waals surface area contributed by atoms with Gasteiger partial charge in [0.1, 0.15) is 0 Å². The number of carbonyl (C=O) groups excluding carboxylic acids is 1. The lowest BCUT2D eigenvalue weighted by atomic mass is 10.3. The van der Waals surface area contributed by atoms with Crippen molar-refractivity contribution in [2.45, 2.75) is 25.7 Å². The summed E-state index contributed by atoms with van der Waals surface area (Å²) in [6, 6.07) is 4.11. The van der Waals surface area contributed by atoms with Gasteiger partial charge in [0.25, 0.3) is 10.0 Å². The number of hydrogen-bond donors (Lipinski definition) is 2. The monoisotopic (exact) mass is 356 g/mol. The summed E-state index contributed by atoms with van der Waals surface area (Å²) in [4.78, 5) is 11.1. The van der Waals surface area contributed by atoms with Crippen molar-refractivity contribution in [1.82, 2.24) is 9.78 Å². The molecule has 2 N–H and O–H groups in total. The van der Waals surface area contributed by atoms with E-state index in [0.717, 1.165) is 0 Å². The number of benzene rings is 1. The van der Waals surface area contributed by atoms with Gasteiger partial charge in [0.05, 0.1) is 32.7 Å². The highest BCUT2D eigenvalue weighted by Crippen LogP contribution is 2.28. The van der Waals surface area contributed by atoms with Crippen molar-refractivity contribution < 1.29 is 13.2 Å². The van der Waals surface area contributed by atoms with Crippen molar-refractivity contribution in [2.24, 2.45) is 7.05 Å². The fraction of sp³-hybridized carbons (Fsp3) is 0.286. The largest absolute Gasteiger partial charge is 0.325 e. The topological polar surface area (TPSA) is 93.1 Å². The molecule has 7 nitrogen and oxygen atoms in total. The third-order valence-electron chi connectivity index (χ3n) is 3.31. The van der Waals surface area contributed by atoms with Gasteiger partial charge in [-0.1, -0.05) is 11.6 Å². The highest BCUT2D eigenvalue weighted by Gasteiger charge is 2.20. The first-order chi connectivity index (χ1) is 10.6. The van der Waals surface area contributed by atoms with E-state index < -0.39 is 10.0 Å². The van der Waals surface area contributed by atoms with Gasteiger partial charge in [-0.15, -0.1) is 0 Å². The zero-order valence-electron chi connectivity index (χ0n) is 13.1. The minimum absolute atomic E-state index is 0.000690. The van der Waals surface area contributed by atoms with Crippen LogP contribution in [-0.4, -0.2) is 24.1 Å². The van der Waals surface area contributed by atoms with Gasteiger partial charge in [-0.3, -0.25) is 14.2 Å². The van der Waals surface area contributed by atoms with Gasteiger partial charge in [0.15, 0.2) is 0 Å². The van der Waals surface area contributed by atoms with Crippen LogP contribution >= 0.6 is 11.6 Å². The van der Waals surface area contributed by atoms with E-state index in [1.807, 2.05) is 0 Å². The van der Waals surface area contributed by atoms with E-state index in [4.69, 9.17) is 11.6 Å². The summed E-state index contributed by atoms with van der Waals surface area (Å²) in [5, 5.41) is 6.83. The molecule has 0 radical (unpaired) electrons. The summed E-state index contributed by atoms with van der Waals surface area (Å²) >= 11 is 6.03. The Morgan fingerprint density at radius 3 is 2.43 bits per heavy atom. The van der Waals surface area contributed by atoms with Gasteiger partial charge in [0, 0.05) is 14.0 Å². The van der Waals surface area contributed by atoms with Crippen LogP contribution in [0.15, 0.2) is 23.1 Å². The number of halogens is 1. The minimum atomic E-state index is -3.81. The molecule has 23 heavy (non-hydrogen) atoms. The highest BCUT2D eigenvalue weighted by atomic mass is 35.5. The van der Waals surface area contributed by atoms with Crippen LogP contribution in [0.5, 0.6) is 0 Å².